The van der Waals surface area contributed by atoms with Crippen LogP contribution in [-0.4, -0.2) is 132 Å². The summed E-state index contributed by atoms with van der Waals surface area (Å²) < 4.78 is 23.9. The van der Waals surface area contributed by atoms with Crippen LogP contribution in [-0.2, 0) is 58.0 Å². The van der Waals surface area contributed by atoms with E-state index in [4.69, 9.17) is 29.8 Å². The number of carboxylic acid groups (broad SMARTS) is 1. The highest BCUT2D eigenvalue weighted by Gasteiger charge is 2.28. The number of nitrogens with two attached hydrogens (primary N) is 1. The van der Waals surface area contributed by atoms with Crippen molar-refractivity contribution in [1.82, 2.24) is 36.1 Å². The normalized spacial score (nSPS) is 12.9. The number of imide groups is 1. The fourth-order valence-electron chi connectivity index (χ4n) is 8.19. The first kappa shape index (κ1) is 58.6. The van der Waals surface area contributed by atoms with Gasteiger partial charge < -0.3 is 61.3 Å². The summed E-state index contributed by atoms with van der Waals surface area (Å²) in [5.74, 6) is -2.55. The number of Topliss-reactive ketones (excluding diaryl/α,β-unsaturated/α-hetero) is 1. The molecule has 24 nitrogen and oxygen atoms in total. The maximum atomic E-state index is 13.4. The Hall–Kier alpha value is -8.61. The van der Waals surface area contributed by atoms with Gasteiger partial charge in [0.15, 0.2) is 23.0 Å². The molecule has 6 rings (SSSR count). The van der Waals surface area contributed by atoms with Crippen LogP contribution >= 0.6 is 11.3 Å². The SMILES string of the molecule is COc1cc2sc(C(=O)CCC(=O)O)cc2cc1OCCCOc1nc2c(cc1OC)CN(C(=O)CCC(=O)NCc1ccc(NC(=O)[C@H](CCCNC(N)=O)NC(=O)CNC(=O)CCCCCN3C(=O)C=CC3=O)cc1)C2. The molecule has 0 bridgehead atoms. The minimum absolute atomic E-state index is 0.0444. The topological polar surface area (TPSA) is 333 Å². The van der Waals surface area contributed by atoms with Gasteiger partial charge in [-0.15, -0.1) is 11.3 Å². The Labute approximate surface area is 452 Å². The highest BCUT2D eigenvalue weighted by molar-refractivity contribution is 7.20. The number of methoxy groups -OCH3 is 2. The van der Waals surface area contributed by atoms with Gasteiger partial charge in [0, 0.05) is 86.9 Å². The fraction of sp³-hybridized carbons (Fsp3) is 0.415. The lowest BCUT2D eigenvalue weighted by Gasteiger charge is -2.19. The van der Waals surface area contributed by atoms with Crippen molar-refractivity contribution in [2.45, 2.75) is 96.3 Å². The molecule has 0 radical (unpaired) electrons. The second kappa shape index (κ2) is 29.1. The first-order valence-corrected chi connectivity index (χ1v) is 26.1. The highest BCUT2D eigenvalue weighted by atomic mass is 32.1. The number of ketones is 1. The van der Waals surface area contributed by atoms with Crippen LogP contribution in [0.25, 0.3) is 10.1 Å². The molecule has 2 aromatic heterocycles. The van der Waals surface area contributed by atoms with Crippen molar-refractivity contribution in [1.29, 1.82) is 0 Å². The molecular weight excluding hydrogens is 1030 g/mol. The zero-order valence-corrected chi connectivity index (χ0v) is 44.1. The molecule has 0 spiro atoms. The van der Waals surface area contributed by atoms with E-state index in [1.165, 1.54) is 37.7 Å². The van der Waals surface area contributed by atoms with E-state index in [0.717, 1.165) is 20.5 Å². The molecule has 9 amide bonds. The van der Waals surface area contributed by atoms with Crippen molar-refractivity contribution in [2.75, 3.05) is 52.4 Å². The van der Waals surface area contributed by atoms with Gasteiger partial charge in [-0.1, -0.05) is 18.6 Å². The Kier molecular flexibility index (Phi) is 21.8. The summed E-state index contributed by atoms with van der Waals surface area (Å²) >= 11 is 1.26. The molecule has 1 atom stereocenters. The van der Waals surface area contributed by atoms with E-state index in [-0.39, 0.29) is 132 Å². The van der Waals surface area contributed by atoms with Crippen LogP contribution in [0.2, 0.25) is 0 Å². The van der Waals surface area contributed by atoms with Gasteiger partial charge in [-0.25, -0.2) is 9.78 Å². The molecule has 2 aliphatic rings. The monoisotopic (exact) mass is 1100 g/mol. The van der Waals surface area contributed by atoms with Crippen LogP contribution in [0.5, 0.6) is 23.1 Å². The number of carbonyl (C=O) groups is 10. The number of anilines is 1. The molecule has 2 aromatic carbocycles. The fourth-order valence-corrected chi connectivity index (χ4v) is 9.23. The lowest BCUT2D eigenvalue weighted by atomic mass is 10.1. The van der Waals surface area contributed by atoms with E-state index in [1.54, 1.807) is 53.4 Å². The van der Waals surface area contributed by atoms with Gasteiger partial charge in [0.2, 0.25) is 29.5 Å². The standard InChI is InChI=1S/C53H63N9O15S/c1-74-39-27-42-33(26-43(78-42)38(63)14-19-50(70)71)24-40(39)76-22-7-23-77-52-41(75-2)25-34-30-61(31-37(34)60-52)47(67)16-15-45(65)56-28-32-10-12-35(13-11-32)58-51(72)36(8-6-20-55-53(54)73)59-46(66)29-57-44(64)9-4-3-5-21-62-48(68)17-18-49(62)69/h10-13,17-18,24-27,36H,3-9,14-16,19-23,28-31H2,1-2H3,(H,56,65)(H,57,64)(H,58,72)(H,59,66)(H,70,71)(H3,54,55,73)/t36-/m0/s1. The van der Waals surface area contributed by atoms with Crippen LogP contribution in [0.4, 0.5) is 10.5 Å². The van der Waals surface area contributed by atoms with E-state index >= 15 is 0 Å². The second-order valence-corrected chi connectivity index (χ2v) is 19.2. The summed E-state index contributed by atoms with van der Waals surface area (Å²) in [7, 11) is 3.00. The molecule has 0 unspecified atom stereocenters. The third kappa shape index (κ3) is 17.7. The third-order valence-corrected chi connectivity index (χ3v) is 13.5. The zero-order chi connectivity index (χ0) is 56.1. The number of urea groups is 1. The van der Waals surface area contributed by atoms with E-state index in [1.807, 2.05) is 0 Å². The molecule has 0 saturated carbocycles. The first-order chi connectivity index (χ1) is 37.5. The molecule has 78 heavy (non-hydrogen) atoms. The van der Waals surface area contributed by atoms with Gasteiger partial charge in [-0.3, -0.25) is 48.1 Å². The molecular formula is C53H63N9O15S. The lowest BCUT2D eigenvalue weighted by Crippen LogP contribution is -2.47. The molecule has 0 fully saturated rings. The Morgan fingerprint density at radius 2 is 1.47 bits per heavy atom. The number of fused-ring (bicyclic) bond motifs is 2. The number of hydrogen-bond acceptors (Lipinski definition) is 16. The van der Waals surface area contributed by atoms with Crippen molar-refractivity contribution < 1.29 is 72.0 Å². The number of hydrogen-bond donors (Lipinski definition) is 7. The number of carboxylic acids is 1. The van der Waals surface area contributed by atoms with Crippen LogP contribution in [0.3, 0.4) is 0 Å². The van der Waals surface area contributed by atoms with E-state index < -0.39 is 29.9 Å². The van der Waals surface area contributed by atoms with Gasteiger partial charge in [-0.2, -0.15) is 0 Å². The second-order valence-electron chi connectivity index (χ2n) is 18.1. The molecule has 2 aliphatic heterocycles. The average Bonchev–Trinajstić information content (AvgIpc) is 4.20. The van der Waals surface area contributed by atoms with E-state index in [0.29, 0.717) is 71.2 Å². The summed E-state index contributed by atoms with van der Waals surface area (Å²) in [5.41, 5.74) is 7.69. The average molecular weight is 1100 g/mol. The molecule has 8 N–H and O–H groups in total. The number of nitrogens with one attached hydrogen (secondary N) is 5. The van der Waals surface area contributed by atoms with Gasteiger partial charge in [0.05, 0.1) is 57.5 Å². The number of amides is 9. The number of pyridine rings is 1. The number of unbranched alkanes of at least 4 members (excludes halogenated alkanes) is 2. The largest absolute Gasteiger partial charge is 0.493 e. The van der Waals surface area contributed by atoms with Crippen molar-refractivity contribution in [3.05, 3.63) is 82.4 Å². The van der Waals surface area contributed by atoms with Gasteiger partial charge in [0.25, 0.3) is 17.7 Å². The Morgan fingerprint density at radius 3 is 2.19 bits per heavy atom. The number of thiophene rings is 1. The summed E-state index contributed by atoms with van der Waals surface area (Å²) in [5, 5.41) is 22.9. The molecule has 0 aliphatic carbocycles. The van der Waals surface area contributed by atoms with Gasteiger partial charge in [-0.05, 0) is 72.5 Å². The van der Waals surface area contributed by atoms with Crippen molar-refractivity contribution in [2.24, 2.45) is 5.73 Å². The minimum Gasteiger partial charge on any atom is -0.493 e. The number of aromatic nitrogens is 1. The third-order valence-electron chi connectivity index (χ3n) is 12.4. The molecule has 0 saturated heterocycles. The molecule has 416 valence electrons. The number of nitrogens with zero attached hydrogens (tertiary/aromatic N) is 3. The van der Waals surface area contributed by atoms with Gasteiger partial charge >= 0.3 is 12.0 Å². The summed E-state index contributed by atoms with van der Waals surface area (Å²) in [4.78, 5) is 130. The number of carbonyl (C=O) groups excluding carboxylic acids is 9. The van der Waals surface area contributed by atoms with Crippen LogP contribution in [0, 0.1) is 0 Å². The number of primary amides is 1. The van der Waals surface area contributed by atoms with Crippen molar-refractivity contribution in [3.8, 4) is 23.1 Å². The predicted octanol–water partition coefficient (Wildman–Crippen LogP) is 3.62. The van der Waals surface area contributed by atoms with E-state index in [9.17, 15) is 47.9 Å². The number of aliphatic carboxylic acids is 1. The lowest BCUT2D eigenvalue weighted by molar-refractivity contribution is -0.138. The summed E-state index contributed by atoms with van der Waals surface area (Å²) in [6.45, 7) is 1.13. The first-order valence-electron chi connectivity index (χ1n) is 25.3. The number of benzene rings is 2. The smallest absolute Gasteiger partial charge is 0.312 e. The maximum Gasteiger partial charge on any atom is 0.312 e. The minimum atomic E-state index is -1.04. The Bertz CT molecular complexity index is 2890. The van der Waals surface area contributed by atoms with Gasteiger partial charge in [0.1, 0.15) is 6.04 Å². The Balaban J connectivity index is 0.887. The van der Waals surface area contributed by atoms with Crippen LogP contribution < -0.4 is 51.3 Å². The van der Waals surface area contributed by atoms with Crippen LogP contribution in [0.1, 0.15) is 97.1 Å². The van der Waals surface area contributed by atoms with Crippen LogP contribution in [0.15, 0.2) is 60.7 Å². The number of rotatable bonds is 32. The maximum absolute atomic E-state index is 13.4. The number of ether oxygens (including phenoxy) is 4. The molecule has 4 aromatic rings. The molecule has 4 heterocycles. The van der Waals surface area contributed by atoms with Crippen molar-refractivity contribution in [3.63, 3.8) is 0 Å². The summed E-state index contributed by atoms with van der Waals surface area (Å²) in [6, 6.07) is 11.9. The highest BCUT2D eigenvalue weighted by Crippen LogP contribution is 2.37. The zero-order valence-electron chi connectivity index (χ0n) is 43.3. The quantitative estimate of drug-likeness (QED) is 0.0209. The van der Waals surface area contributed by atoms with E-state index in [2.05, 4.69) is 31.6 Å². The Morgan fingerprint density at radius 1 is 0.744 bits per heavy atom. The van der Waals surface area contributed by atoms with Crippen molar-refractivity contribution >= 4 is 86.2 Å². The summed E-state index contributed by atoms with van der Waals surface area (Å²) in [6.07, 6.45) is 4.56. The molecule has 25 heteroatoms. The predicted molar refractivity (Wildman–Crippen MR) is 282 cm³/mol.